The molecule has 0 atom stereocenters. The van der Waals surface area contributed by atoms with E-state index in [1.165, 1.54) is 0 Å². The maximum absolute atomic E-state index is 12.0. The lowest BCUT2D eigenvalue weighted by molar-refractivity contribution is -0.128. The number of hydrogen-bond donors (Lipinski definition) is 2. The molecule has 32 heavy (non-hydrogen) atoms. The minimum absolute atomic E-state index is 0. The Labute approximate surface area is 212 Å². The van der Waals surface area contributed by atoms with Gasteiger partial charge in [-0.05, 0) is 48.6 Å². The van der Waals surface area contributed by atoms with Crippen LogP contribution in [0.1, 0.15) is 36.5 Å². The number of methoxy groups -OCH3 is 1. The van der Waals surface area contributed by atoms with Crippen LogP contribution in [0.3, 0.4) is 0 Å². The van der Waals surface area contributed by atoms with Crippen molar-refractivity contribution in [3.63, 3.8) is 0 Å². The van der Waals surface area contributed by atoms with Gasteiger partial charge in [0.25, 0.3) is 0 Å². The molecule has 174 valence electrons. The highest BCUT2D eigenvalue weighted by atomic mass is 127. The summed E-state index contributed by atoms with van der Waals surface area (Å²) in [6, 6.07) is 13.9. The third kappa shape index (κ3) is 7.55. The molecule has 0 aliphatic carbocycles. The van der Waals surface area contributed by atoms with Gasteiger partial charge in [0.1, 0.15) is 5.75 Å². The van der Waals surface area contributed by atoms with Crippen LogP contribution in [0, 0.1) is 0 Å². The summed E-state index contributed by atoms with van der Waals surface area (Å²) in [7, 11) is 1.63. The minimum atomic E-state index is 0. The molecule has 2 aromatic rings. The molecule has 0 aromatic heterocycles. The van der Waals surface area contributed by atoms with E-state index in [1.54, 1.807) is 7.11 Å². The van der Waals surface area contributed by atoms with Crippen molar-refractivity contribution in [1.29, 1.82) is 0 Å². The lowest BCUT2D eigenvalue weighted by atomic mass is 10.1. The predicted octanol–water partition coefficient (Wildman–Crippen LogP) is 4.39. The van der Waals surface area contributed by atoms with E-state index in [0.29, 0.717) is 31.1 Å². The molecule has 1 aliphatic heterocycles. The topological polar surface area (TPSA) is 66.0 Å². The highest BCUT2D eigenvalue weighted by Crippen LogP contribution is 2.22. The molecule has 0 unspecified atom stereocenters. The summed E-state index contributed by atoms with van der Waals surface area (Å²) in [5.41, 5.74) is 3.35. The molecular formula is C24H32ClIN4O2. The Bertz CT molecular complexity index is 923. The lowest BCUT2D eigenvalue weighted by Crippen LogP contribution is -2.38. The lowest BCUT2D eigenvalue weighted by Gasteiger charge is -2.18. The predicted molar refractivity (Wildman–Crippen MR) is 141 cm³/mol. The Balaban J connectivity index is 0.00000363. The summed E-state index contributed by atoms with van der Waals surface area (Å²) in [4.78, 5) is 18.7. The minimum Gasteiger partial charge on any atom is -0.497 e. The second kappa shape index (κ2) is 13.5. The molecule has 3 rings (SSSR count). The molecule has 8 heteroatoms. The smallest absolute Gasteiger partial charge is 0.222 e. The van der Waals surface area contributed by atoms with Crippen molar-refractivity contribution < 1.29 is 9.53 Å². The number of carbonyl (C=O) groups excluding carboxylic acids is 1. The van der Waals surface area contributed by atoms with Gasteiger partial charge in [-0.3, -0.25) is 4.79 Å². The van der Waals surface area contributed by atoms with E-state index >= 15 is 0 Å². The summed E-state index contributed by atoms with van der Waals surface area (Å²) >= 11 is 6.34. The van der Waals surface area contributed by atoms with Crippen LogP contribution in [0.4, 0.5) is 0 Å². The number of rotatable bonds is 9. The number of guanidine groups is 1. The van der Waals surface area contributed by atoms with E-state index in [4.69, 9.17) is 21.3 Å². The van der Waals surface area contributed by atoms with Gasteiger partial charge in [-0.25, -0.2) is 4.99 Å². The molecule has 1 heterocycles. The van der Waals surface area contributed by atoms with Crippen molar-refractivity contribution in [3.05, 3.63) is 64.2 Å². The Kier molecular flexibility index (Phi) is 11.1. The summed E-state index contributed by atoms with van der Waals surface area (Å²) in [6.07, 6.45) is 2.39. The fraction of sp³-hybridized carbons (Fsp3) is 0.417. The van der Waals surface area contributed by atoms with Crippen LogP contribution in [0.5, 0.6) is 5.75 Å². The maximum Gasteiger partial charge on any atom is 0.222 e. The molecule has 1 fully saturated rings. The highest BCUT2D eigenvalue weighted by molar-refractivity contribution is 14.0. The van der Waals surface area contributed by atoms with Gasteiger partial charge < -0.3 is 20.3 Å². The van der Waals surface area contributed by atoms with Gasteiger partial charge >= 0.3 is 0 Å². The van der Waals surface area contributed by atoms with Gasteiger partial charge in [-0.15, -0.1) is 24.0 Å². The molecule has 1 aliphatic rings. The largest absolute Gasteiger partial charge is 0.497 e. The third-order valence-electron chi connectivity index (χ3n) is 5.35. The average molecular weight is 571 g/mol. The first-order valence-electron chi connectivity index (χ1n) is 10.8. The van der Waals surface area contributed by atoms with Gasteiger partial charge in [-0.1, -0.05) is 41.9 Å². The molecule has 0 spiro atoms. The van der Waals surface area contributed by atoms with Crippen LogP contribution in [0.25, 0.3) is 0 Å². The fourth-order valence-corrected chi connectivity index (χ4v) is 3.89. The van der Waals surface area contributed by atoms with Gasteiger partial charge in [-0.2, -0.15) is 0 Å². The number of ether oxygens (including phenoxy) is 1. The number of likely N-dealkylation sites (tertiary alicyclic amines) is 1. The van der Waals surface area contributed by atoms with Crippen LogP contribution >= 0.6 is 35.6 Å². The molecule has 0 bridgehead atoms. The molecule has 6 nitrogen and oxygen atoms in total. The fourth-order valence-electron chi connectivity index (χ4n) is 3.62. The van der Waals surface area contributed by atoms with E-state index in [9.17, 15) is 4.79 Å². The van der Waals surface area contributed by atoms with Crippen molar-refractivity contribution >= 4 is 47.4 Å². The average Bonchev–Trinajstić information content (AvgIpc) is 3.18. The standard InChI is InChI=1S/C24H31ClN4O2.HI/c1-3-26-24(27-13-12-18-10-11-21(31-2)15-22(18)25)28-16-19-7-4-5-8-20(19)17-29-14-6-9-23(29)30;/h4-5,7-8,10-11,15H,3,6,9,12-14,16-17H2,1-2H3,(H2,26,27,28);1H. The first-order chi connectivity index (χ1) is 15.1. The second-order valence-corrected chi connectivity index (χ2v) is 7.92. The molecule has 2 aromatic carbocycles. The monoisotopic (exact) mass is 570 g/mol. The second-order valence-electron chi connectivity index (χ2n) is 7.52. The van der Waals surface area contributed by atoms with Crippen LogP contribution in [-0.4, -0.2) is 43.5 Å². The first-order valence-corrected chi connectivity index (χ1v) is 11.2. The molecule has 1 saturated heterocycles. The van der Waals surface area contributed by atoms with Crippen molar-refractivity contribution in [1.82, 2.24) is 15.5 Å². The van der Waals surface area contributed by atoms with Crippen molar-refractivity contribution in [2.24, 2.45) is 4.99 Å². The Morgan fingerprint density at radius 3 is 2.59 bits per heavy atom. The quantitative estimate of drug-likeness (QED) is 0.267. The van der Waals surface area contributed by atoms with Crippen LogP contribution in [0.15, 0.2) is 47.5 Å². The summed E-state index contributed by atoms with van der Waals surface area (Å²) < 4.78 is 5.20. The van der Waals surface area contributed by atoms with Gasteiger partial charge in [0, 0.05) is 37.6 Å². The SMILES string of the molecule is CCNC(=NCc1ccccc1CN1CCCC1=O)NCCc1ccc(OC)cc1Cl.I. The number of hydrogen-bond acceptors (Lipinski definition) is 3. The number of benzene rings is 2. The van der Waals surface area contributed by atoms with E-state index in [-0.39, 0.29) is 29.9 Å². The number of amides is 1. The number of halogens is 2. The number of aliphatic imine (C=N–C) groups is 1. The number of nitrogens with one attached hydrogen (secondary N) is 2. The van der Waals surface area contributed by atoms with Crippen molar-refractivity contribution in [2.45, 2.75) is 39.3 Å². The first kappa shape index (κ1) is 26.3. The normalized spacial score (nSPS) is 13.7. The van der Waals surface area contributed by atoms with Crippen molar-refractivity contribution in [2.75, 3.05) is 26.7 Å². The Morgan fingerprint density at radius 1 is 1.16 bits per heavy atom. The zero-order valence-electron chi connectivity index (χ0n) is 18.7. The van der Waals surface area contributed by atoms with Crippen LogP contribution in [-0.2, 0) is 24.3 Å². The highest BCUT2D eigenvalue weighted by Gasteiger charge is 2.20. The van der Waals surface area contributed by atoms with Crippen LogP contribution < -0.4 is 15.4 Å². The van der Waals surface area contributed by atoms with Gasteiger partial charge in [0.15, 0.2) is 5.96 Å². The third-order valence-corrected chi connectivity index (χ3v) is 5.70. The zero-order chi connectivity index (χ0) is 22.1. The Hall–Kier alpha value is -2.00. The van der Waals surface area contributed by atoms with Crippen LogP contribution in [0.2, 0.25) is 5.02 Å². The van der Waals surface area contributed by atoms with E-state index < -0.39 is 0 Å². The molecular weight excluding hydrogens is 539 g/mol. The van der Waals surface area contributed by atoms with Gasteiger partial charge in [0.2, 0.25) is 5.91 Å². The molecule has 0 saturated carbocycles. The molecule has 2 N–H and O–H groups in total. The maximum atomic E-state index is 12.0. The number of nitrogens with zero attached hydrogens (tertiary/aromatic N) is 2. The summed E-state index contributed by atoms with van der Waals surface area (Å²) in [5, 5.41) is 7.37. The van der Waals surface area contributed by atoms with E-state index in [0.717, 1.165) is 54.3 Å². The number of carbonyl (C=O) groups is 1. The molecule has 1 amide bonds. The van der Waals surface area contributed by atoms with Crippen molar-refractivity contribution in [3.8, 4) is 5.75 Å². The molecule has 0 radical (unpaired) electrons. The summed E-state index contributed by atoms with van der Waals surface area (Å²) in [5.74, 6) is 1.76. The van der Waals surface area contributed by atoms with Gasteiger partial charge in [0.05, 0.1) is 13.7 Å². The van der Waals surface area contributed by atoms with E-state index in [2.05, 4.69) is 22.8 Å². The van der Waals surface area contributed by atoms with E-state index in [1.807, 2.05) is 42.2 Å². The summed E-state index contributed by atoms with van der Waals surface area (Å²) in [6.45, 7) is 5.58. The zero-order valence-corrected chi connectivity index (χ0v) is 21.8. The Morgan fingerprint density at radius 2 is 1.94 bits per heavy atom.